The third-order valence-electron chi connectivity index (χ3n) is 1.82. The number of phenolic OH excluding ortho intramolecular Hbond substituents is 1. The first-order valence-corrected chi connectivity index (χ1v) is 4.13. The summed E-state index contributed by atoms with van der Waals surface area (Å²) in [4.78, 5) is 7.64. The van der Waals surface area contributed by atoms with Gasteiger partial charge in [-0.05, 0) is 23.8 Å². The number of rotatable bonds is 1. The van der Waals surface area contributed by atoms with Crippen molar-refractivity contribution in [1.82, 2.24) is 0 Å². The summed E-state index contributed by atoms with van der Waals surface area (Å²) in [6.45, 7) is 0. The molecule has 2 rings (SSSR count). The Kier molecular flexibility index (Phi) is 2.29. The molecule has 0 unspecified atom stereocenters. The molecule has 0 spiro atoms. The fourth-order valence-electron chi connectivity index (χ4n) is 1.14. The molecule has 1 heterocycles. The van der Waals surface area contributed by atoms with Crippen LogP contribution in [-0.4, -0.2) is 17.5 Å². The summed E-state index contributed by atoms with van der Waals surface area (Å²) in [6, 6.07) is 2.02. The molecule has 3 nitrogen and oxygen atoms in total. The summed E-state index contributed by atoms with van der Waals surface area (Å²) >= 11 is 0. The van der Waals surface area contributed by atoms with Crippen LogP contribution in [0.25, 0.3) is 6.08 Å². The lowest BCUT2D eigenvalue weighted by molar-refractivity contribution is 0.396. The van der Waals surface area contributed by atoms with Gasteiger partial charge in [-0.2, -0.15) is 0 Å². The summed E-state index contributed by atoms with van der Waals surface area (Å²) in [6.07, 6.45) is 4.35. The summed E-state index contributed by atoms with van der Waals surface area (Å²) in [5.41, 5.74) is 0.258. The molecule has 5 heteroatoms. The SMILES string of the molecule is Oc1c(F)cc(C=C2N=CC=N2)cc1F. The zero-order valence-corrected chi connectivity index (χ0v) is 7.48. The third kappa shape index (κ3) is 1.90. The zero-order chi connectivity index (χ0) is 10.8. The maximum atomic E-state index is 12.9. The minimum atomic E-state index is -1.01. The smallest absolute Gasteiger partial charge is 0.187 e. The highest BCUT2D eigenvalue weighted by atomic mass is 19.1. The molecule has 0 aliphatic carbocycles. The minimum Gasteiger partial charge on any atom is -0.503 e. The molecular weight excluding hydrogens is 202 g/mol. The summed E-state index contributed by atoms with van der Waals surface area (Å²) < 4.78 is 25.8. The predicted molar refractivity (Wildman–Crippen MR) is 53.0 cm³/mol. The van der Waals surface area contributed by atoms with Crippen molar-refractivity contribution in [2.24, 2.45) is 9.98 Å². The first-order valence-electron chi connectivity index (χ1n) is 4.13. The van der Waals surface area contributed by atoms with Gasteiger partial charge in [0.2, 0.25) is 0 Å². The normalized spacial score (nSPS) is 13.6. The molecule has 0 radical (unpaired) electrons. The average molecular weight is 208 g/mol. The third-order valence-corrected chi connectivity index (χ3v) is 1.82. The lowest BCUT2D eigenvalue weighted by Crippen LogP contribution is -1.85. The fraction of sp³-hybridized carbons (Fsp3) is 0. The van der Waals surface area contributed by atoms with Crippen molar-refractivity contribution in [3.8, 4) is 5.75 Å². The highest BCUT2D eigenvalue weighted by Crippen LogP contribution is 2.23. The fourth-order valence-corrected chi connectivity index (χ4v) is 1.14. The van der Waals surface area contributed by atoms with Crippen molar-refractivity contribution in [3.63, 3.8) is 0 Å². The van der Waals surface area contributed by atoms with E-state index in [-0.39, 0.29) is 5.56 Å². The molecule has 76 valence electrons. The van der Waals surface area contributed by atoms with Gasteiger partial charge in [0.05, 0.1) is 0 Å². The molecule has 0 saturated carbocycles. The van der Waals surface area contributed by atoms with Gasteiger partial charge in [0.1, 0.15) is 0 Å². The number of hydrogen-bond donors (Lipinski definition) is 1. The predicted octanol–water partition coefficient (Wildman–Crippen LogP) is 2.12. The Morgan fingerprint density at radius 3 is 2.13 bits per heavy atom. The molecule has 0 saturated heterocycles. The van der Waals surface area contributed by atoms with Crippen LogP contribution in [0.5, 0.6) is 5.75 Å². The van der Waals surface area contributed by atoms with Gasteiger partial charge < -0.3 is 5.11 Å². The van der Waals surface area contributed by atoms with Crippen LogP contribution in [0, 0.1) is 11.6 Å². The second-order valence-corrected chi connectivity index (χ2v) is 2.89. The monoisotopic (exact) mass is 208 g/mol. The van der Waals surface area contributed by atoms with Crippen molar-refractivity contribution in [2.75, 3.05) is 0 Å². The lowest BCUT2D eigenvalue weighted by atomic mass is 10.2. The quantitative estimate of drug-likeness (QED) is 0.754. The molecule has 15 heavy (non-hydrogen) atoms. The highest BCUT2D eigenvalue weighted by Gasteiger charge is 2.08. The van der Waals surface area contributed by atoms with Crippen molar-refractivity contribution in [1.29, 1.82) is 0 Å². The van der Waals surface area contributed by atoms with Crippen molar-refractivity contribution < 1.29 is 13.9 Å². The Balaban J connectivity index is 2.42. The van der Waals surface area contributed by atoms with E-state index in [1.165, 1.54) is 18.5 Å². The Hall–Kier alpha value is -2.04. The van der Waals surface area contributed by atoms with Crippen LogP contribution in [0.3, 0.4) is 0 Å². The topological polar surface area (TPSA) is 45.0 Å². The maximum absolute atomic E-state index is 12.9. The number of phenols is 1. The van der Waals surface area contributed by atoms with Crippen LogP contribution in [-0.2, 0) is 0 Å². The molecule has 0 amide bonds. The van der Waals surface area contributed by atoms with E-state index in [4.69, 9.17) is 5.11 Å². The molecule has 1 aliphatic rings. The molecule has 1 aromatic rings. The number of aliphatic imine (C=N–C) groups is 2. The number of halogens is 2. The zero-order valence-electron chi connectivity index (χ0n) is 7.48. The van der Waals surface area contributed by atoms with Crippen LogP contribution in [0.4, 0.5) is 8.78 Å². The van der Waals surface area contributed by atoms with Gasteiger partial charge in [0, 0.05) is 12.4 Å². The van der Waals surface area contributed by atoms with E-state index in [0.717, 1.165) is 12.1 Å². The Morgan fingerprint density at radius 2 is 1.60 bits per heavy atom. The maximum Gasteiger partial charge on any atom is 0.187 e. The van der Waals surface area contributed by atoms with E-state index >= 15 is 0 Å². The van der Waals surface area contributed by atoms with Gasteiger partial charge >= 0.3 is 0 Å². The van der Waals surface area contributed by atoms with E-state index in [9.17, 15) is 8.78 Å². The van der Waals surface area contributed by atoms with Gasteiger partial charge in [-0.1, -0.05) is 0 Å². The first-order chi connectivity index (χ1) is 7.16. The molecule has 0 atom stereocenters. The second kappa shape index (κ2) is 3.61. The molecule has 0 aromatic heterocycles. The number of hydrogen-bond acceptors (Lipinski definition) is 3. The van der Waals surface area contributed by atoms with E-state index in [1.807, 2.05) is 0 Å². The number of aromatic hydroxyl groups is 1. The van der Waals surface area contributed by atoms with E-state index < -0.39 is 17.4 Å². The van der Waals surface area contributed by atoms with Crippen molar-refractivity contribution >= 4 is 18.5 Å². The van der Waals surface area contributed by atoms with E-state index in [2.05, 4.69) is 9.98 Å². The van der Waals surface area contributed by atoms with E-state index in [0.29, 0.717) is 5.82 Å². The van der Waals surface area contributed by atoms with Crippen LogP contribution >= 0.6 is 0 Å². The summed E-state index contributed by atoms with van der Waals surface area (Å²) in [5, 5.41) is 8.86. The van der Waals surface area contributed by atoms with Gasteiger partial charge in [-0.25, -0.2) is 18.8 Å². The Morgan fingerprint density at radius 1 is 1.07 bits per heavy atom. The molecular formula is C10H6F2N2O. The summed E-state index contributed by atoms with van der Waals surface area (Å²) in [7, 11) is 0. The van der Waals surface area contributed by atoms with Gasteiger partial charge in [0.25, 0.3) is 0 Å². The van der Waals surface area contributed by atoms with Crippen molar-refractivity contribution in [2.45, 2.75) is 0 Å². The van der Waals surface area contributed by atoms with Crippen LogP contribution in [0.2, 0.25) is 0 Å². The largest absolute Gasteiger partial charge is 0.503 e. The molecule has 1 N–H and O–H groups in total. The molecule has 1 aliphatic heterocycles. The van der Waals surface area contributed by atoms with Crippen LogP contribution in [0.1, 0.15) is 5.56 Å². The van der Waals surface area contributed by atoms with Gasteiger partial charge in [-0.15, -0.1) is 0 Å². The minimum absolute atomic E-state index is 0.258. The lowest BCUT2D eigenvalue weighted by Gasteiger charge is -1.99. The number of nitrogens with zero attached hydrogens (tertiary/aromatic N) is 2. The number of benzene rings is 1. The average Bonchev–Trinajstić information content (AvgIpc) is 2.66. The van der Waals surface area contributed by atoms with Crippen LogP contribution < -0.4 is 0 Å². The first kappa shape index (κ1) is 9.51. The molecule has 0 fully saturated rings. The Bertz CT molecular complexity index is 455. The Labute approximate surface area is 84.1 Å². The van der Waals surface area contributed by atoms with Gasteiger partial charge in [-0.3, -0.25) is 0 Å². The van der Waals surface area contributed by atoms with Gasteiger partial charge in [0.15, 0.2) is 23.2 Å². The standard InChI is InChI=1S/C10H6F2N2O/c11-7-3-6(4-8(12)10(7)15)5-9-13-1-2-14-9/h1-5,15H. The summed E-state index contributed by atoms with van der Waals surface area (Å²) in [5.74, 6) is -2.63. The highest BCUT2D eigenvalue weighted by molar-refractivity contribution is 6.18. The molecule has 0 bridgehead atoms. The molecule has 1 aromatic carbocycles. The van der Waals surface area contributed by atoms with Crippen LogP contribution in [0.15, 0.2) is 27.9 Å². The van der Waals surface area contributed by atoms with Crippen molar-refractivity contribution in [3.05, 3.63) is 35.2 Å². The van der Waals surface area contributed by atoms with E-state index in [1.54, 1.807) is 0 Å². The second-order valence-electron chi connectivity index (χ2n) is 2.89.